The number of benzene rings is 1. The Balaban J connectivity index is 0.00000208. The Hall–Kier alpha value is -1.79. The standard InChI is InChI=1S/C17H23N3O3.ClH/c1-12-17(22)20(14-6-2-3-7-15(14)23-12)10-8-16(21)19-9-4-5-13(18)11-19;/h2-3,6-7,12-13H,4-5,8-11,18H2,1H3;1H. The van der Waals surface area contributed by atoms with Gasteiger partial charge in [-0.3, -0.25) is 9.59 Å². The third-order valence-corrected chi connectivity index (χ3v) is 4.43. The van der Waals surface area contributed by atoms with E-state index in [1.54, 1.807) is 11.8 Å². The summed E-state index contributed by atoms with van der Waals surface area (Å²) in [5.74, 6) is 0.642. The Labute approximate surface area is 148 Å². The highest BCUT2D eigenvalue weighted by molar-refractivity contribution is 6.00. The summed E-state index contributed by atoms with van der Waals surface area (Å²) in [5.41, 5.74) is 6.67. The molecule has 2 aliphatic heterocycles. The van der Waals surface area contributed by atoms with E-state index in [0.29, 0.717) is 25.3 Å². The first-order valence-corrected chi connectivity index (χ1v) is 8.16. The predicted octanol–water partition coefficient (Wildman–Crippen LogP) is 1.56. The monoisotopic (exact) mass is 353 g/mol. The second-order valence-electron chi connectivity index (χ2n) is 6.21. The van der Waals surface area contributed by atoms with E-state index in [4.69, 9.17) is 10.5 Å². The molecule has 2 amide bonds. The van der Waals surface area contributed by atoms with E-state index in [1.807, 2.05) is 29.2 Å². The molecule has 24 heavy (non-hydrogen) atoms. The highest BCUT2D eigenvalue weighted by Crippen LogP contribution is 2.33. The molecule has 0 radical (unpaired) electrons. The number of rotatable bonds is 3. The molecule has 7 heteroatoms. The van der Waals surface area contributed by atoms with Crippen molar-refractivity contribution >= 4 is 29.9 Å². The summed E-state index contributed by atoms with van der Waals surface area (Å²) in [7, 11) is 0. The lowest BCUT2D eigenvalue weighted by atomic mass is 10.1. The van der Waals surface area contributed by atoms with Crippen molar-refractivity contribution in [2.45, 2.75) is 38.3 Å². The normalized spacial score (nSPS) is 23.2. The number of fused-ring (bicyclic) bond motifs is 1. The van der Waals surface area contributed by atoms with E-state index in [9.17, 15) is 9.59 Å². The number of nitrogens with two attached hydrogens (primary N) is 1. The Morgan fingerprint density at radius 3 is 2.88 bits per heavy atom. The number of likely N-dealkylation sites (tertiary alicyclic amines) is 1. The van der Waals surface area contributed by atoms with Gasteiger partial charge in [-0.15, -0.1) is 12.4 Å². The van der Waals surface area contributed by atoms with Crippen LogP contribution in [0.2, 0.25) is 0 Å². The van der Waals surface area contributed by atoms with E-state index < -0.39 is 6.10 Å². The van der Waals surface area contributed by atoms with Gasteiger partial charge in [-0.05, 0) is 31.9 Å². The maximum Gasteiger partial charge on any atom is 0.267 e. The van der Waals surface area contributed by atoms with Crippen LogP contribution in [0.3, 0.4) is 0 Å². The van der Waals surface area contributed by atoms with Gasteiger partial charge in [0.1, 0.15) is 5.75 Å². The first-order valence-electron chi connectivity index (χ1n) is 8.16. The van der Waals surface area contributed by atoms with Crippen molar-refractivity contribution in [3.05, 3.63) is 24.3 Å². The van der Waals surface area contributed by atoms with Gasteiger partial charge in [0.25, 0.3) is 5.91 Å². The fourth-order valence-corrected chi connectivity index (χ4v) is 3.19. The number of carbonyl (C=O) groups excluding carboxylic acids is 2. The van der Waals surface area contributed by atoms with Gasteiger partial charge in [-0.1, -0.05) is 12.1 Å². The molecule has 2 heterocycles. The van der Waals surface area contributed by atoms with Crippen LogP contribution in [0.5, 0.6) is 5.75 Å². The summed E-state index contributed by atoms with van der Waals surface area (Å²) < 4.78 is 5.61. The maximum absolute atomic E-state index is 12.4. The van der Waals surface area contributed by atoms with Crippen LogP contribution in [0, 0.1) is 0 Å². The summed E-state index contributed by atoms with van der Waals surface area (Å²) in [6, 6.07) is 7.50. The zero-order chi connectivity index (χ0) is 16.4. The number of piperidine rings is 1. The molecule has 132 valence electrons. The van der Waals surface area contributed by atoms with Crippen LogP contribution >= 0.6 is 12.4 Å². The molecule has 2 aliphatic rings. The topological polar surface area (TPSA) is 75.9 Å². The van der Waals surface area contributed by atoms with Crippen molar-refractivity contribution < 1.29 is 14.3 Å². The molecular weight excluding hydrogens is 330 g/mol. The van der Waals surface area contributed by atoms with Crippen molar-refractivity contribution in [1.29, 1.82) is 0 Å². The number of anilines is 1. The van der Waals surface area contributed by atoms with Crippen molar-refractivity contribution in [2.75, 3.05) is 24.5 Å². The van der Waals surface area contributed by atoms with Crippen LogP contribution < -0.4 is 15.4 Å². The smallest absolute Gasteiger partial charge is 0.267 e. The van der Waals surface area contributed by atoms with Crippen molar-refractivity contribution in [3.8, 4) is 5.75 Å². The number of hydrogen-bond donors (Lipinski definition) is 1. The number of amides is 2. The van der Waals surface area contributed by atoms with Crippen LogP contribution in [0.4, 0.5) is 5.69 Å². The van der Waals surface area contributed by atoms with Crippen LogP contribution in [-0.4, -0.2) is 48.5 Å². The SMILES string of the molecule is CC1Oc2ccccc2N(CCC(=O)N2CCCC(N)C2)C1=O.Cl. The van der Waals surface area contributed by atoms with E-state index in [2.05, 4.69) is 0 Å². The average molecular weight is 354 g/mol. The number of nitrogens with zero attached hydrogens (tertiary/aromatic N) is 2. The van der Waals surface area contributed by atoms with Crippen LogP contribution in [0.15, 0.2) is 24.3 Å². The highest BCUT2D eigenvalue weighted by Gasteiger charge is 2.32. The first kappa shape index (κ1) is 18.5. The zero-order valence-corrected chi connectivity index (χ0v) is 14.6. The number of para-hydroxylation sites is 2. The molecule has 2 N–H and O–H groups in total. The van der Waals surface area contributed by atoms with E-state index in [1.165, 1.54) is 0 Å². The second kappa shape index (κ2) is 7.85. The summed E-state index contributed by atoms with van der Waals surface area (Å²) >= 11 is 0. The minimum atomic E-state index is -0.525. The van der Waals surface area contributed by atoms with Gasteiger partial charge in [0, 0.05) is 32.1 Å². The van der Waals surface area contributed by atoms with Crippen LogP contribution in [-0.2, 0) is 9.59 Å². The maximum atomic E-state index is 12.4. The molecule has 1 fully saturated rings. The van der Waals surface area contributed by atoms with Gasteiger partial charge in [0.05, 0.1) is 5.69 Å². The fraction of sp³-hybridized carbons (Fsp3) is 0.529. The largest absolute Gasteiger partial charge is 0.479 e. The number of hydrogen-bond acceptors (Lipinski definition) is 4. The third kappa shape index (κ3) is 3.82. The van der Waals surface area contributed by atoms with E-state index >= 15 is 0 Å². The lowest BCUT2D eigenvalue weighted by Gasteiger charge is -2.34. The van der Waals surface area contributed by atoms with Crippen molar-refractivity contribution in [1.82, 2.24) is 4.90 Å². The van der Waals surface area contributed by atoms with Gasteiger partial charge in [-0.2, -0.15) is 0 Å². The Bertz CT molecular complexity index is 610. The van der Waals surface area contributed by atoms with Crippen LogP contribution in [0.1, 0.15) is 26.2 Å². The number of ether oxygens (including phenoxy) is 1. The van der Waals surface area contributed by atoms with Gasteiger partial charge in [0.15, 0.2) is 6.10 Å². The molecule has 3 rings (SSSR count). The fourth-order valence-electron chi connectivity index (χ4n) is 3.19. The van der Waals surface area contributed by atoms with E-state index in [-0.39, 0.29) is 30.3 Å². The van der Waals surface area contributed by atoms with Crippen molar-refractivity contribution in [2.24, 2.45) is 5.73 Å². The molecule has 0 aromatic heterocycles. The molecule has 1 aromatic rings. The molecule has 0 aliphatic carbocycles. The Morgan fingerprint density at radius 2 is 2.12 bits per heavy atom. The summed E-state index contributed by atoms with van der Waals surface area (Å²) in [5, 5.41) is 0. The first-order chi connectivity index (χ1) is 11.1. The molecule has 0 spiro atoms. The molecule has 1 aromatic carbocycles. The third-order valence-electron chi connectivity index (χ3n) is 4.43. The lowest BCUT2D eigenvalue weighted by molar-refractivity contribution is -0.132. The molecular formula is C17H24ClN3O3. The minimum absolute atomic E-state index is 0. The highest BCUT2D eigenvalue weighted by atomic mass is 35.5. The molecule has 2 unspecified atom stereocenters. The second-order valence-corrected chi connectivity index (χ2v) is 6.21. The molecule has 0 saturated carbocycles. The van der Waals surface area contributed by atoms with Gasteiger partial charge < -0.3 is 20.3 Å². The van der Waals surface area contributed by atoms with E-state index in [0.717, 1.165) is 25.1 Å². The summed E-state index contributed by atoms with van der Waals surface area (Å²) in [4.78, 5) is 28.2. The number of carbonyl (C=O) groups is 2. The van der Waals surface area contributed by atoms with Crippen LogP contribution in [0.25, 0.3) is 0 Å². The molecule has 2 atom stereocenters. The Kier molecular flexibility index (Phi) is 6.07. The lowest BCUT2D eigenvalue weighted by Crippen LogP contribution is -2.48. The zero-order valence-electron chi connectivity index (χ0n) is 13.8. The van der Waals surface area contributed by atoms with Gasteiger partial charge in [0.2, 0.25) is 5.91 Å². The Morgan fingerprint density at radius 1 is 1.38 bits per heavy atom. The predicted molar refractivity (Wildman–Crippen MR) is 94.5 cm³/mol. The average Bonchev–Trinajstić information content (AvgIpc) is 2.55. The van der Waals surface area contributed by atoms with Gasteiger partial charge >= 0.3 is 0 Å². The minimum Gasteiger partial charge on any atom is -0.479 e. The van der Waals surface area contributed by atoms with Crippen molar-refractivity contribution in [3.63, 3.8) is 0 Å². The summed E-state index contributed by atoms with van der Waals surface area (Å²) in [6.45, 7) is 3.48. The quantitative estimate of drug-likeness (QED) is 0.894. The number of halogens is 1. The summed E-state index contributed by atoms with van der Waals surface area (Å²) in [6.07, 6.45) is 1.70. The molecule has 0 bridgehead atoms. The molecule has 6 nitrogen and oxygen atoms in total. The van der Waals surface area contributed by atoms with Gasteiger partial charge in [-0.25, -0.2) is 0 Å². The molecule has 1 saturated heterocycles.